The number of hydrogen-bond acceptors (Lipinski definition) is 3. The lowest BCUT2D eigenvalue weighted by atomic mass is 10.1. The molecule has 0 aromatic heterocycles. The Balaban J connectivity index is 2.01. The summed E-state index contributed by atoms with van der Waals surface area (Å²) in [5.74, 6) is -0.154. The van der Waals surface area contributed by atoms with Crippen LogP contribution in [0.3, 0.4) is 0 Å². The van der Waals surface area contributed by atoms with Crippen LogP contribution in [0.25, 0.3) is 0 Å². The Kier molecular flexibility index (Phi) is 7.11. The maximum atomic E-state index is 11.4. The molecule has 0 aliphatic rings. The molecule has 1 aromatic carbocycles. The van der Waals surface area contributed by atoms with Crippen molar-refractivity contribution in [1.82, 2.24) is 0 Å². The monoisotopic (exact) mass is 250 g/mol. The first-order chi connectivity index (χ1) is 8.74. The van der Waals surface area contributed by atoms with Gasteiger partial charge in [0.25, 0.3) is 0 Å². The van der Waals surface area contributed by atoms with Crippen LogP contribution in [-0.2, 0) is 20.7 Å². The second-order valence-corrected chi connectivity index (χ2v) is 4.32. The van der Waals surface area contributed by atoms with Crippen LogP contribution in [0, 0.1) is 5.92 Å². The largest absolute Gasteiger partial charge is 0.463 e. The molecule has 3 heteroatoms. The van der Waals surface area contributed by atoms with Crippen molar-refractivity contribution in [3.63, 3.8) is 0 Å². The second-order valence-electron chi connectivity index (χ2n) is 4.32. The summed E-state index contributed by atoms with van der Waals surface area (Å²) in [7, 11) is 0. The molecule has 0 saturated carbocycles. The third-order valence-electron chi connectivity index (χ3n) is 2.86. The molecule has 0 spiro atoms. The minimum absolute atomic E-state index is 0.0191. The van der Waals surface area contributed by atoms with Crippen LogP contribution in [0.1, 0.15) is 25.8 Å². The van der Waals surface area contributed by atoms with Crippen LogP contribution in [-0.4, -0.2) is 25.8 Å². The molecule has 0 heterocycles. The van der Waals surface area contributed by atoms with E-state index in [-0.39, 0.29) is 11.9 Å². The van der Waals surface area contributed by atoms with Crippen LogP contribution >= 0.6 is 0 Å². The van der Waals surface area contributed by atoms with Crippen LogP contribution in [0.15, 0.2) is 30.3 Å². The topological polar surface area (TPSA) is 35.5 Å². The Morgan fingerprint density at radius 1 is 1.17 bits per heavy atom. The van der Waals surface area contributed by atoms with Gasteiger partial charge in [0.15, 0.2) is 0 Å². The van der Waals surface area contributed by atoms with Crippen molar-refractivity contribution in [3.8, 4) is 0 Å². The second kappa shape index (κ2) is 8.70. The molecule has 0 radical (unpaired) electrons. The van der Waals surface area contributed by atoms with Gasteiger partial charge in [-0.15, -0.1) is 0 Å². The molecular weight excluding hydrogens is 228 g/mol. The highest BCUT2D eigenvalue weighted by molar-refractivity contribution is 5.71. The minimum atomic E-state index is -0.135. The molecule has 0 bridgehead atoms. The van der Waals surface area contributed by atoms with Crippen molar-refractivity contribution in [2.45, 2.75) is 26.7 Å². The molecule has 0 N–H and O–H groups in total. The molecule has 1 rings (SSSR count). The summed E-state index contributed by atoms with van der Waals surface area (Å²) < 4.78 is 10.5. The molecule has 3 nitrogen and oxygen atoms in total. The van der Waals surface area contributed by atoms with Gasteiger partial charge in [0, 0.05) is 0 Å². The molecule has 1 atom stereocenters. The molecule has 0 aliphatic heterocycles. The van der Waals surface area contributed by atoms with Gasteiger partial charge in [0.2, 0.25) is 0 Å². The Bertz CT molecular complexity index is 335. The summed E-state index contributed by atoms with van der Waals surface area (Å²) in [6.07, 6.45) is 1.70. The van der Waals surface area contributed by atoms with E-state index in [1.54, 1.807) is 0 Å². The van der Waals surface area contributed by atoms with Gasteiger partial charge < -0.3 is 9.47 Å². The van der Waals surface area contributed by atoms with E-state index in [2.05, 4.69) is 12.1 Å². The number of hydrogen-bond donors (Lipinski definition) is 0. The first kappa shape index (κ1) is 14.7. The van der Waals surface area contributed by atoms with E-state index >= 15 is 0 Å². The highest BCUT2D eigenvalue weighted by Gasteiger charge is 2.10. The highest BCUT2D eigenvalue weighted by atomic mass is 16.6. The SMILES string of the molecule is CCC(C)C(=O)OCCOCCc1ccccc1. The quantitative estimate of drug-likeness (QED) is 0.525. The smallest absolute Gasteiger partial charge is 0.308 e. The summed E-state index contributed by atoms with van der Waals surface area (Å²) in [6, 6.07) is 10.2. The Morgan fingerprint density at radius 3 is 2.56 bits per heavy atom. The maximum absolute atomic E-state index is 11.4. The summed E-state index contributed by atoms with van der Waals surface area (Å²) in [6.45, 7) is 5.32. The molecule has 1 aromatic rings. The average molecular weight is 250 g/mol. The summed E-state index contributed by atoms with van der Waals surface area (Å²) in [5, 5.41) is 0. The van der Waals surface area contributed by atoms with Crippen molar-refractivity contribution in [2.24, 2.45) is 5.92 Å². The van der Waals surface area contributed by atoms with E-state index in [1.165, 1.54) is 5.56 Å². The van der Waals surface area contributed by atoms with E-state index in [1.807, 2.05) is 32.0 Å². The standard InChI is InChI=1S/C15H22O3/c1-3-13(2)15(16)18-12-11-17-10-9-14-7-5-4-6-8-14/h4-8,13H,3,9-12H2,1-2H3. The van der Waals surface area contributed by atoms with Crippen molar-refractivity contribution >= 4 is 5.97 Å². The van der Waals surface area contributed by atoms with E-state index in [9.17, 15) is 4.79 Å². The van der Waals surface area contributed by atoms with Gasteiger partial charge >= 0.3 is 5.97 Å². The fourth-order valence-electron chi connectivity index (χ4n) is 1.45. The highest BCUT2D eigenvalue weighted by Crippen LogP contribution is 2.03. The maximum Gasteiger partial charge on any atom is 0.308 e. The van der Waals surface area contributed by atoms with Crippen molar-refractivity contribution in [1.29, 1.82) is 0 Å². The third kappa shape index (κ3) is 5.82. The first-order valence-corrected chi connectivity index (χ1v) is 6.52. The van der Waals surface area contributed by atoms with Crippen LogP contribution in [0.4, 0.5) is 0 Å². The predicted molar refractivity (Wildman–Crippen MR) is 71.4 cm³/mol. The number of esters is 1. The van der Waals surface area contributed by atoms with Crippen LogP contribution < -0.4 is 0 Å². The zero-order valence-electron chi connectivity index (χ0n) is 11.2. The summed E-state index contributed by atoms with van der Waals surface area (Å²) in [5.41, 5.74) is 1.26. The number of rotatable bonds is 8. The predicted octanol–water partition coefficient (Wildman–Crippen LogP) is 2.84. The number of carbonyl (C=O) groups is 1. The number of benzene rings is 1. The lowest BCUT2D eigenvalue weighted by molar-refractivity contribution is -0.149. The molecule has 0 amide bonds. The van der Waals surface area contributed by atoms with Gasteiger partial charge in [-0.05, 0) is 18.4 Å². The molecule has 0 fully saturated rings. The minimum Gasteiger partial charge on any atom is -0.463 e. The van der Waals surface area contributed by atoms with Crippen LogP contribution in [0.5, 0.6) is 0 Å². The van der Waals surface area contributed by atoms with Crippen molar-refractivity contribution in [3.05, 3.63) is 35.9 Å². The summed E-state index contributed by atoms with van der Waals surface area (Å²) >= 11 is 0. The molecule has 100 valence electrons. The van der Waals surface area contributed by atoms with Crippen molar-refractivity contribution < 1.29 is 14.3 Å². The molecular formula is C15H22O3. The van der Waals surface area contributed by atoms with Crippen molar-refractivity contribution in [2.75, 3.05) is 19.8 Å². The average Bonchev–Trinajstić information content (AvgIpc) is 2.42. The van der Waals surface area contributed by atoms with Gasteiger partial charge in [-0.3, -0.25) is 4.79 Å². The first-order valence-electron chi connectivity index (χ1n) is 6.52. The van der Waals surface area contributed by atoms with Gasteiger partial charge in [0.1, 0.15) is 6.61 Å². The Labute approximate surface area is 109 Å². The fraction of sp³-hybridized carbons (Fsp3) is 0.533. The van der Waals surface area contributed by atoms with Gasteiger partial charge in [-0.2, -0.15) is 0 Å². The third-order valence-corrected chi connectivity index (χ3v) is 2.86. The van der Waals surface area contributed by atoms with Gasteiger partial charge in [0.05, 0.1) is 19.1 Å². The normalized spacial score (nSPS) is 12.1. The van der Waals surface area contributed by atoms with Gasteiger partial charge in [-0.25, -0.2) is 0 Å². The lowest BCUT2D eigenvalue weighted by Gasteiger charge is -2.09. The molecule has 0 aliphatic carbocycles. The van der Waals surface area contributed by atoms with Crippen LogP contribution in [0.2, 0.25) is 0 Å². The van der Waals surface area contributed by atoms with E-state index in [0.29, 0.717) is 19.8 Å². The van der Waals surface area contributed by atoms with Gasteiger partial charge in [-0.1, -0.05) is 44.2 Å². The van der Waals surface area contributed by atoms with E-state index in [4.69, 9.17) is 9.47 Å². The zero-order valence-corrected chi connectivity index (χ0v) is 11.2. The zero-order chi connectivity index (χ0) is 13.2. The lowest BCUT2D eigenvalue weighted by Crippen LogP contribution is -2.17. The Hall–Kier alpha value is -1.35. The number of carbonyl (C=O) groups excluding carboxylic acids is 1. The molecule has 1 unspecified atom stereocenters. The fourth-order valence-corrected chi connectivity index (χ4v) is 1.45. The van der Waals surface area contributed by atoms with E-state index in [0.717, 1.165) is 12.8 Å². The van der Waals surface area contributed by atoms with E-state index < -0.39 is 0 Å². The number of ether oxygens (including phenoxy) is 2. The summed E-state index contributed by atoms with van der Waals surface area (Å²) in [4.78, 5) is 11.4. The molecule has 0 saturated heterocycles. The Morgan fingerprint density at radius 2 is 1.89 bits per heavy atom. The molecule has 18 heavy (non-hydrogen) atoms.